The van der Waals surface area contributed by atoms with E-state index >= 15 is 0 Å². The van der Waals surface area contributed by atoms with Crippen LogP contribution in [0.4, 0.5) is 4.39 Å². The number of nitrogens with zero attached hydrogens (tertiary/aromatic N) is 2. The molecule has 0 aliphatic rings. The Bertz CT molecular complexity index is 1030. The molecule has 0 radical (unpaired) electrons. The lowest BCUT2D eigenvalue weighted by atomic mass is 10.1. The summed E-state index contributed by atoms with van der Waals surface area (Å²) >= 11 is 0. The van der Waals surface area contributed by atoms with Crippen molar-refractivity contribution in [1.82, 2.24) is 9.97 Å². The molecule has 0 fully saturated rings. The second kappa shape index (κ2) is 8.18. The SMILES string of the molecule is COc1ccc(F)cc1C(=O)COC(=O)/C=C/c1cnc2ccccc2n1. The maximum Gasteiger partial charge on any atom is 0.331 e. The fourth-order valence-corrected chi connectivity index (χ4v) is 2.37. The molecule has 6 nitrogen and oxygen atoms in total. The van der Waals surface area contributed by atoms with Crippen molar-refractivity contribution in [2.45, 2.75) is 0 Å². The third-order valence-electron chi connectivity index (χ3n) is 3.66. The topological polar surface area (TPSA) is 78.4 Å². The molecule has 0 bridgehead atoms. The fraction of sp³-hybridized carbons (Fsp3) is 0.100. The number of ether oxygens (including phenoxy) is 2. The zero-order chi connectivity index (χ0) is 19.2. The van der Waals surface area contributed by atoms with Crippen molar-refractivity contribution in [3.8, 4) is 5.75 Å². The van der Waals surface area contributed by atoms with Gasteiger partial charge in [-0.2, -0.15) is 0 Å². The average molecular weight is 366 g/mol. The van der Waals surface area contributed by atoms with Gasteiger partial charge in [0, 0.05) is 6.08 Å². The van der Waals surface area contributed by atoms with Crippen molar-refractivity contribution in [2.75, 3.05) is 13.7 Å². The number of hydrogen-bond donors (Lipinski definition) is 0. The molecule has 0 saturated carbocycles. The Labute approximate surface area is 154 Å². The number of Topliss-reactive ketones (excluding diaryl/α,β-unsaturated/α-hetero) is 1. The van der Waals surface area contributed by atoms with E-state index < -0.39 is 24.2 Å². The Morgan fingerprint density at radius 2 is 1.93 bits per heavy atom. The Kier molecular flexibility index (Phi) is 5.51. The van der Waals surface area contributed by atoms with Crippen molar-refractivity contribution in [3.05, 3.63) is 71.8 Å². The Morgan fingerprint density at radius 3 is 2.70 bits per heavy atom. The largest absolute Gasteiger partial charge is 0.496 e. The number of para-hydroxylation sites is 2. The molecule has 1 heterocycles. The van der Waals surface area contributed by atoms with Gasteiger partial charge in [-0.1, -0.05) is 12.1 Å². The Balaban J connectivity index is 1.62. The van der Waals surface area contributed by atoms with E-state index in [1.54, 1.807) is 0 Å². The number of halogens is 1. The van der Waals surface area contributed by atoms with E-state index in [0.717, 1.165) is 17.7 Å². The normalized spacial score (nSPS) is 10.9. The van der Waals surface area contributed by atoms with Gasteiger partial charge in [0.1, 0.15) is 11.6 Å². The van der Waals surface area contributed by atoms with Crippen LogP contribution in [-0.4, -0.2) is 35.4 Å². The van der Waals surface area contributed by atoms with Gasteiger partial charge < -0.3 is 9.47 Å². The maximum atomic E-state index is 13.3. The van der Waals surface area contributed by atoms with Gasteiger partial charge in [0.2, 0.25) is 5.78 Å². The van der Waals surface area contributed by atoms with Gasteiger partial charge >= 0.3 is 5.97 Å². The van der Waals surface area contributed by atoms with E-state index in [1.165, 1.54) is 31.5 Å². The molecule has 3 aromatic rings. The van der Waals surface area contributed by atoms with Crippen LogP contribution in [-0.2, 0) is 9.53 Å². The van der Waals surface area contributed by atoms with Gasteiger partial charge in [-0.15, -0.1) is 0 Å². The summed E-state index contributed by atoms with van der Waals surface area (Å²) in [6.07, 6.45) is 4.11. The van der Waals surface area contributed by atoms with E-state index in [1.807, 2.05) is 24.3 Å². The summed E-state index contributed by atoms with van der Waals surface area (Å²) in [5, 5.41) is 0. The first-order chi connectivity index (χ1) is 13.1. The molecule has 0 aliphatic heterocycles. The Morgan fingerprint density at radius 1 is 1.15 bits per heavy atom. The molecule has 0 spiro atoms. The summed E-state index contributed by atoms with van der Waals surface area (Å²) in [6, 6.07) is 10.9. The molecule has 0 aliphatic carbocycles. The van der Waals surface area contributed by atoms with E-state index in [9.17, 15) is 14.0 Å². The van der Waals surface area contributed by atoms with Crippen LogP contribution in [0.2, 0.25) is 0 Å². The van der Waals surface area contributed by atoms with Gasteiger partial charge in [-0.3, -0.25) is 9.78 Å². The molecule has 0 amide bonds. The summed E-state index contributed by atoms with van der Waals surface area (Å²) < 4.78 is 23.2. The van der Waals surface area contributed by atoms with Gasteiger partial charge in [0.15, 0.2) is 6.61 Å². The summed E-state index contributed by atoms with van der Waals surface area (Å²) in [5.41, 5.74) is 1.92. The highest BCUT2D eigenvalue weighted by Gasteiger charge is 2.15. The van der Waals surface area contributed by atoms with Crippen molar-refractivity contribution < 1.29 is 23.5 Å². The predicted molar refractivity (Wildman–Crippen MR) is 96.8 cm³/mol. The van der Waals surface area contributed by atoms with Crippen LogP contribution in [0.5, 0.6) is 5.75 Å². The average Bonchev–Trinajstić information content (AvgIpc) is 2.70. The number of aromatic nitrogens is 2. The molecule has 0 N–H and O–H groups in total. The third-order valence-corrected chi connectivity index (χ3v) is 3.66. The number of fused-ring (bicyclic) bond motifs is 1. The predicted octanol–water partition coefficient (Wildman–Crippen LogP) is 3.22. The molecule has 7 heteroatoms. The second-order valence-corrected chi connectivity index (χ2v) is 5.49. The number of methoxy groups -OCH3 is 1. The highest BCUT2D eigenvalue weighted by atomic mass is 19.1. The van der Waals surface area contributed by atoms with E-state index in [-0.39, 0.29) is 11.3 Å². The number of carbonyl (C=O) groups excluding carboxylic acids is 2. The lowest BCUT2D eigenvalue weighted by molar-refractivity contribution is -0.136. The fourth-order valence-electron chi connectivity index (χ4n) is 2.37. The van der Waals surface area contributed by atoms with Crippen LogP contribution in [0, 0.1) is 5.82 Å². The minimum atomic E-state index is -0.728. The van der Waals surface area contributed by atoms with Crippen LogP contribution in [0.15, 0.2) is 54.7 Å². The van der Waals surface area contributed by atoms with Gasteiger partial charge in [0.25, 0.3) is 0 Å². The number of carbonyl (C=O) groups is 2. The maximum absolute atomic E-state index is 13.3. The lowest BCUT2D eigenvalue weighted by Crippen LogP contribution is -2.13. The molecule has 0 saturated heterocycles. The van der Waals surface area contributed by atoms with E-state index in [2.05, 4.69) is 9.97 Å². The minimum Gasteiger partial charge on any atom is -0.496 e. The summed E-state index contributed by atoms with van der Waals surface area (Å²) in [7, 11) is 1.36. The van der Waals surface area contributed by atoms with Crippen molar-refractivity contribution in [1.29, 1.82) is 0 Å². The highest BCUT2D eigenvalue weighted by molar-refractivity contribution is 6.01. The van der Waals surface area contributed by atoms with E-state index in [0.29, 0.717) is 11.2 Å². The van der Waals surface area contributed by atoms with Gasteiger partial charge in [-0.05, 0) is 36.4 Å². The third kappa shape index (κ3) is 4.52. The summed E-state index contributed by atoms with van der Waals surface area (Å²) in [4.78, 5) is 32.5. The van der Waals surface area contributed by atoms with Crippen molar-refractivity contribution in [2.24, 2.45) is 0 Å². The quantitative estimate of drug-likeness (QED) is 0.379. The number of benzene rings is 2. The van der Waals surface area contributed by atoms with Crippen LogP contribution in [0.25, 0.3) is 17.1 Å². The molecule has 2 aromatic carbocycles. The Hall–Kier alpha value is -3.61. The zero-order valence-electron chi connectivity index (χ0n) is 14.4. The molecule has 0 atom stereocenters. The van der Waals surface area contributed by atoms with Crippen molar-refractivity contribution in [3.63, 3.8) is 0 Å². The number of esters is 1. The monoisotopic (exact) mass is 366 g/mol. The van der Waals surface area contributed by atoms with Gasteiger partial charge in [0.05, 0.1) is 35.6 Å². The standard InChI is InChI=1S/C20H15FN2O4/c1-26-19-8-6-13(21)10-15(19)18(24)12-27-20(25)9-7-14-11-22-16-4-2-3-5-17(16)23-14/h2-11H,12H2,1H3/b9-7+. The van der Waals surface area contributed by atoms with Crippen molar-refractivity contribution >= 4 is 28.9 Å². The number of ketones is 1. The first kappa shape index (κ1) is 18.2. The zero-order valence-corrected chi connectivity index (χ0v) is 14.4. The van der Waals surface area contributed by atoms with Crippen LogP contribution in [0.1, 0.15) is 16.1 Å². The van der Waals surface area contributed by atoms with E-state index in [4.69, 9.17) is 9.47 Å². The molecular formula is C20H15FN2O4. The van der Waals surface area contributed by atoms with Gasteiger partial charge in [-0.25, -0.2) is 14.2 Å². The molecule has 136 valence electrons. The molecule has 0 unspecified atom stereocenters. The summed E-state index contributed by atoms with van der Waals surface area (Å²) in [5.74, 6) is -1.67. The molecule has 27 heavy (non-hydrogen) atoms. The molecule has 1 aromatic heterocycles. The number of rotatable bonds is 6. The van der Waals surface area contributed by atoms with Crippen LogP contribution in [0.3, 0.4) is 0 Å². The lowest BCUT2D eigenvalue weighted by Gasteiger charge is -2.07. The van der Waals surface area contributed by atoms with Crippen LogP contribution < -0.4 is 4.74 Å². The minimum absolute atomic E-state index is 0.00896. The number of hydrogen-bond acceptors (Lipinski definition) is 6. The molecule has 3 rings (SSSR count). The summed E-state index contributed by atoms with van der Waals surface area (Å²) in [6.45, 7) is -0.535. The first-order valence-electron chi connectivity index (χ1n) is 8.00. The molecular weight excluding hydrogens is 351 g/mol. The highest BCUT2D eigenvalue weighted by Crippen LogP contribution is 2.20. The van der Waals surface area contributed by atoms with Crippen LogP contribution >= 0.6 is 0 Å². The first-order valence-corrected chi connectivity index (χ1v) is 8.00. The smallest absolute Gasteiger partial charge is 0.331 e. The second-order valence-electron chi connectivity index (χ2n) is 5.49.